The lowest BCUT2D eigenvalue weighted by atomic mass is 9.83. The number of fused-ring (bicyclic) bond motifs is 2. The van der Waals surface area contributed by atoms with Crippen molar-refractivity contribution in [1.82, 2.24) is 0 Å². The highest BCUT2D eigenvalue weighted by Gasteiger charge is 2.52. The Morgan fingerprint density at radius 2 is 1.71 bits per heavy atom. The van der Waals surface area contributed by atoms with Gasteiger partial charge < -0.3 is 43.4 Å². The molecule has 0 aromatic heterocycles. The average molecular weight is 662 g/mol. The Kier molecular flexibility index (Phi) is 13.7. The predicted molar refractivity (Wildman–Crippen MR) is 160 cm³/mol. The van der Waals surface area contributed by atoms with E-state index in [2.05, 4.69) is 15.9 Å². The highest BCUT2D eigenvalue weighted by Crippen LogP contribution is 2.40. The number of carbonyl (C=O) groups is 1. The van der Waals surface area contributed by atoms with Gasteiger partial charge in [0.05, 0.1) is 24.4 Å². The molecule has 240 valence electrons. The number of hydrogen-bond acceptors (Lipinski definition) is 10. The lowest BCUT2D eigenvalue weighted by molar-refractivity contribution is -0.348. The normalized spacial score (nSPS) is 45.0. The first-order chi connectivity index (χ1) is 20.0. The molecule has 0 radical (unpaired) electrons. The Morgan fingerprint density at radius 1 is 1.02 bits per heavy atom. The zero-order valence-electron chi connectivity index (χ0n) is 25.8. The second-order valence-electron chi connectivity index (χ2n) is 11.7. The van der Waals surface area contributed by atoms with Gasteiger partial charge >= 0.3 is 5.97 Å². The number of hydrogen-bond donors (Lipinski definition) is 2. The van der Waals surface area contributed by atoms with E-state index in [4.69, 9.17) is 33.2 Å². The van der Waals surface area contributed by atoms with E-state index in [0.29, 0.717) is 19.3 Å². The molecule has 2 saturated heterocycles. The number of halogens is 1. The van der Waals surface area contributed by atoms with Gasteiger partial charge in [0.2, 0.25) is 0 Å². The summed E-state index contributed by atoms with van der Waals surface area (Å²) in [5.74, 6) is -3.81. The van der Waals surface area contributed by atoms with Gasteiger partial charge in [0.25, 0.3) is 0 Å². The lowest BCUT2D eigenvalue weighted by Crippen LogP contribution is -2.61. The maximum Gasteiger partial charge on any atom is 0.314 e. The summed E-state index contributed by atoms with van der Waals surface area (Å²) in [6, 6.07) is 0. The molecule has 0 amide bonds. The molecule has 10 nitrogen and oxygen atoms in total. The molecule has 13 atom stereocenters. The first-order valence-corrected chi connectivity index (χ1v) is 15.7. The third kappa shape index (κ3) is 8.73. The van der Waals surface area contributed by atoms with Crippen LogP contribution in [0.2, 0.25) is 0 Å². The third-order valence-corrected chi connectivity index (χ3v) is 8.99. The maximum atomic E-state index is 13.5. The summed E-state index contributed by atoms with van der Waals surface area (Å²) in [6.45, 7) is 7.38. The summed E-state index contributed by atoms with van der Waals surface area (Å²) in [6.07, 6.45) is 5.59. The standard InChI is InChI=1S/C31H49BrO10/c1-18-11-10-13-24(33)19(2)25-16-23(41-30-28(38-7)27(37-6)26(36-5)21(4)39-30)17-31(35,42-25)20(3)29(34)40-22(15-18)12-8-9-14-32/h8-12,14,18-28,30,33,35H,13,15-17H2,1-7H3/b11-10-,12-8+,14-9+/t18-,19-,20-,21+,22-,23-,24+,25-,26+,27+,28-,30+,31+/m0/s1. The van der Waals surface area contributed by atoms with E-state index in [1.807, 2.05) is 39.0 Å². The Labute approximate surface area is 258 Å². The lowest BCUT2D eigenvalue weighted by Gasteiger charge is -2.48. The minimum absolute atomic E-state index is 0.0122. The summed E-state index contributed by atoms with van der Waals surface area (Å²) in [5.41, 5.74) is 0. The first kappa shape index (κ1) is 35.3. The molecule has 3 aliphatic heterocycles. The van der Waals surface area contributed by atoms with Crippen molar-refractivity contribution >= 4 is 21.9 Å². The number of rotatable bonds is 7. The molecule has 0 saturated carbocycles. The molecule has 2 fully saturated rings. The Hall–Kier alpha value is -1.15. The third-order valence-electron chi connectivity index (χ3n) is 8.69. The molecule has 11 heteroatoms. The zero-order valence-corrected chi connectivity index (χ0v) is 27.3. The van der Waals surface area contributed by atoms with Gasteiger partial charge in [-0.25, -0.2) is 0 Å². The minimum Gasteiger partial charge on any atom is -0.458 e. The summed E-state index contributed by atoms with van der Waals surface area (Å²) in [4.78, 5) is 15.2. The molecule has 3 rings (SSSR count). The summed E-state index contributed by atoms with van der Waals surface area (Å²) >= 11 is 3.24. The van der Waals surface area contributed by atoms with Crippen LogP contribution in [0, 0.1) is 17.8 Å². The van der Waals surface area contributed by atoms with Crippen molar-refractivity contribution in [2.45, 2.75) is 114 Å². The molecular weight excluding hydrogens is 612 g/mol. The number of methoxy groups -OCH3 is 3. The van der Waals surface area contributed by atoms with Gasteiger partial charge in [0.15, 0.2) is 12.1 Å². The van der Waals surface area contributed by atoms with E-state index in [0.717, 1.165) is 0 Å². The Bertz CT molecular complexity index is 943. The van der Waals surface area contributed by atoms with Gasteiger partial charge in [-0.05, 0) is 43.7 Å². The minimum atomic E-state index is -1.91. The van der Waals surface area contributed by atoms with Gasteiger partial charge in [-0.1, -0.05) is 54.1 Å². The van der Waals surface area contributed by atoms with Gasteiger partial charge in [-0.15, -0.1) is 0 Å². The van der Waals surface area contributed by atoms with Crippen molar-refractivity contribution in [2.75, 3.05) is 21.3 Å². The van der Waals surface area contributed by atoms with E-state index in [-0.39, 0.29) is 30.5 Å². The van der Waals surface area contributed by atoms with Crippen molar-refractivity contribution < 1.29 is 48.2 Å². The van der Waals surface area contributed by atoms with Crippen molar-refractivity contribution in [3.63, 3.8) is 0 Å². The number of esters is 1. The van der Waals surface area contributed by atoms with Crippen LogP contribution in [0.4, 0.5) is 0 Å². The smallest absolute Gasteiger partial charge is 0.314 e. The molecule has 42 heavy (non-hydrogen) atoms. The van der Waals surface area contributed by atoms with Crippen LogP contribution in [0.1, 0.15) is 53.4 Å². The average Bonchev–Trinajstić information content (AvgIpc) is 2.95. The van der Waals surface area contributed by atoms with E-state index < -0.39 is 60.6 Å². The molecular formula is C31H49BrO10. The fourth-order valence-electron chi connectivity index (χ4n) is 6.03. The van der Waals surface area contributed by atoms with Crippen molar-refractivity contribution in [2.24, 2.45) is 17.8 Å². The Morgan fingerprint density at radius 3 is 2.36 bits per heavy atom. The maximum absolute atomic E-state index is 13.5. The Balaban J connectivity index is 1.92. The van der Waals surface area contributed by atoms with E-state index in [9.17, 15) is 15.0 Å². The SMILES string of the molecule is CO[C@H]1[C@H](OC)[C@@H](O[C@H]2C[C@@H]3O[C@](O)(C2)[C@@H](C)C(=O)O[C@@H](/C=C/C=C/Br)C[C@@H](C)/C=C\C[C@@H](O)[C@@H]3C)O[C@H](C)[C@H]1OC. The molecule has 3 heterocycles. The molecule has 2 bridgehead atoms. The van der Waals surface area contributed by atoms with Crippen LogP contribution < -0.4 is 0 Å². The van der Waals surface area contributed by atoms with Crippen LogP contribution in [0.3, 0.4) is 0 Å². The van der Waals surface area contributed by atoms with Crippen LogP contribution in [-0.4, -0.2) is 98.4 Å². The number of allylic oxidation sites excluding steroid dienone is 3. The second kappa shape index (κ2) is 16.2. The number of ether oxygens (including phenoxy) is 7. The van der Waals surface area contributed by atoms with Crippen LogP contribution >= 0.6 is 15.9 Å². The van der Waals surface area contributed by atoms with Crippen LogP contribution in [-0.2, 0) is 38.0 Å². The highest BCUT2D eigenvalue weighted by molar-refractivity contribution is 9.11. The predicted octanol–water partition coefficient (Wildman–Crippen LogP) is 4.02. The van der Waals surface area contributed by atoms with E-state index in [1.54, 1.807) is 45.4 Å². The number of cyclic esters (lactones) is 1. The quantitative estimate of drug-likeness (QED) is 0.235. The van der Waals surface area contributed by atoms with Gasteiger partial charge in [-0.2, -0.15) is 0 Å². The number of carbonyl (C=O) groups excluding carboxylic acids is 1. The van der Waals surface area contributed by atoms with E-state index in [1.165, 1.54) is 0 Å². The fraction of sp³-hybridized carbons (Fsp3) is 0.774. The van der Waals surface area contributed by atoms with Gasteiger partial charge in [0, 0.05) is 40.1 Å². The van der Waals surface area contributed by atoms with Crippen LogP contribution in [0.25, 0.3) is 0 Å². The summed E-state index contributed by atoms with van der Waals surface area (Å²) < 4.78 is 41.9. The molecule has 0 aliphatic carbocycles. The van der Waals surface area contributed by atoms with Crippen molar-refractivity contribution in [3.05, 3.63) is 35.4 Å². The molecule has 0 aromatic carbocycles. The number of aliphatic hydroxyl groups excluding tert-OH is 1. The summed E-state index contributed by atoms with van der Waals surface area (Å²) in [5, 5.41) is 23.0. The van der Waals surface area contributed by atoms with Crippen LogP contribution in [0.15, 0.2) is 35.4 Å². The van der Waals surface area contributed by atoms with Gasteiger partial charge in [-0.3, -0.25) is 4.79 Å². The first-order valence-electron chi connectivity index (χ1n) is 14.8. The van der Waals surface area contributed by atoms with Crippen LogP contribution in [0.5, 0.6) is 0 Å². The molecule has 2 N–H and O–H groups in total. The molecule has 3 aliphatic rings. The second-order valence-corrected chi connectivity index (χ2v) is 12.2. The highest BCUT2D eigenvalue weighted by atomic mass is 79.9. The molecule has 0 spiro atoms. The fourth-order valence-corrected chi connectivity index (χ4v) is 6.21. The zero-order chi connectivity index (χ0) is 31.0. The van der Waals surface area contributed by atoms with Gasteiger partial charge in [0.1, 0.15) is 30.3 Å². The monoisotopic (exact) mass is 660 g/mol. The van der Waals surface area contributed by atoms with Crippen molar-refractivity contribution in [3.8, 4) is 0 Å². The van der Waals surface area contributed by atoms with E-state index >= 15 is 0 Å². The number of aliphatic hydroxyl groups is 2. The molecule has 0 aromatic rings. The summed E-state index contributed by atoms with van der Waals surface area (Å²) in [7, 11) is 4.73. The molecule has 0 unspecified atom stereocenters. The largest absolute Gasteiger partial charge is 0.458 e. The van der Waals surface area contributed by atoms with Crippen molar-refractivity contribution in [1.29, 1.82) is 0 Å². The topological polar surface area (TPSA) is 122 Å².